The summed E-state index contributed by atoms with van der Waals surface area (Å²) in [6, 6.07) is 0. The molecule has 3 unspecified atom stereocenters. The molecule has 8 heteroatoms. The van der Waals surface area contributed by atoms with Crippen LogP contribution in [0.3, 0.4) is 0 Å². The number of methoxy groups -OCH3 is 2. The number of allylic oxidation sites excluding steroid dienone is 2. The molecule has 4 rings (SSSR count). The first-order chi connectivity index (χ1) is 16.6. The Morgan fingerprint density at radius 2 is 1.85 bits per heavy atom. The number of thioether (sulfide) groups is 1. The van der Waals surface area contributed by atoms with E-state index in [1.807, 2.05) is 17.3 Å². The topological polar surface area (TPSA) is 80.2 Å². The minimum Gasteiger partial charge on any atom is -0.381 e. The zero-order valence-corrected chi connectivity index (χ0v) is 21.4. The zero-order chi connectivity index (χ0) is 23.9. The number of rotatable bonds is 9. The smallest absolute Gasteiger partial charge is 0.257 e. The Bertz CT molecular complexity index is 807. The van der Waals surface area contributed by atoms with Gasteiger partial charge in [0.05, 0.1) is 23.0 Å². The third-order valence-corrected chi connectivity index (χ3v) is 8.94. The van der Waals surface area contributed by atoms with Crippen molar-refractivity contribution < 1.29 is 19.1 Å². The minimum atomic E-state index is -0.176. The molecule has 3 heterocycles. The van der Waals surface area contributed by atoms with E-state index >= 15 is 0 Å². The van der Waals surface area contributed by atoms with Gasteiger partial charge in [-0.2, -0.15) is 0 Å². The Labute approximate surface area is 207 Å². The lowest BCUT2D eigenvalue weighted by molar-refractivity contribution is -0.153. The van der Waals surface area contributed by atoms with Crippen molar-refractivity contribution in [2.24, 2.45) is 22.7 Å². The van der Waals surface area contributed by atoms with Gasteiger partial charge >= 0.3 is 0 Å². The number of piperidine rings is 1. The van der Waals surface area contributed by atoms with Gasteiger partial charge in [-0.15, -0.1) is 0 Å². The van der Waals surface area contributed by atoms with Gasteiger partial charge in [-0.1, -0.05) is 30.7 Å². The normalized spacial score (nSPS) is 29.4. The monoisotopic (exact) mass is 489 g/mol. The second kappa shape index (κ2) is 12.4. The predicted octanol–water partition coefficient (Wildman–Crippen LogP) is 3.90. The molecule has 0 aromatic rings. The number of hydrogen-bond acceptors (Lipinski definition) is 6. The van der Waals surface area contributed by atoms with Gasteiger partial charge in [0.25, 0.3) is 5.91 Å². The molecule has 1 aliphatic carbocycles. The molecule has 0 radical (unpaired) electrons. The summed E-state index contributed by atoms with van der Waals surface area (Å²) in [6.45, 7) is 2.37. The van der Waals surface area contributed by atoms with Gasteiger partial charge in [-0.3, -0.25) is 14.6 Å². The summed E-state index contributed by atoms with van der Waals surface area (Å²) in [5.41, 5.74) is 0. The number of fused-ring (bicyclic) bond motifs is 1. The van der Waals surface area contributed by atoms with Gasteiger partial charge in [0.15, 0.2) is 0 Å². The van der Waals surface area contributed by atoms with Crippen LogP contribution in [0.25, 0.3) is 0 Å². The zero-order valence-electron chi connectivity index (χ0n) is 20.5. The van der Waals surface area contributed by atoms with Crippen LogP contribution in [0, 0.1) is 17.8 Å². The summed E-state index contributed by atoms with van der Waals surface area (Å²) >= 11 is 1.55. The Morgan fingerprint density at radius 1 is 1.12 bits per heavy atom. The van der Waals surface area contributed by atoms with Gasteiger partial charge in [0.1, 0.15) is 0 Å². The molecule has 3 atom stereocenters. The van der Waals surface area contributed by atoms with Gasteiger partial charge in [-0.05, 0) is 50.9 Å². The molecule has 3 aliphatic heterocycles. The Morgan fingerprint density at radius 3 is 2.53 bits per heavy atom. The second-order valence-electron chi connectivity index (χ2n) is 9.86. The van der Waals surface area contributed by atoms with Crippen molar-refractivity contribution in [3.63, 3.8) is 0 Å². The number of carbonyl (C=O) groups excluding carboxylic acids is 2. The first kappa shape index (κ1) is 25.5. The molecule has 0 aromatic heterocycles. The van der Waals surface area contributed by atoms with E-state index in [1.54, 1.807) is 26.0 Å². The highest BCUT2D eigenvalue weighted by molar-refractivity contribution is 8.07. The van der Waals surface area contributed by atoms with Crippen molar-refractivity contribution in [3.05, 3.63) is 22.1 Å². The molecule has 34 heavy (non-hydrogen) atoms. The SMILES string of the molecule is COC1CCCC(OC)C1C(=O)N1CCC(CCCCNC(=O)C2=CC3CC=NC=C3S2)CC1. The molecule has 2 fully saturated rings. The largest absolute Gasteiger partial charge is 0.381 e. The number of likely N-dealkylation sites (tertiary alicyclic amines) is 1. The van der Waals surface area contributed by atoms with Crippen molar-refractivity contribution in [1.82, 2.24) is 10.2 Å². The molecule has 0 spiro atoms. The number of carbonyl (C=O) groups is 2. The van der Waals surface area contributed by atoms with E-state index in [0.717, 1.165) is 75.8 Å². The van der Waals surface area contributed by atoms with Crippen molar-refractivity contribution >= 4 is 29.8 Å². The molecule has 7 nitrogen and oxygen atoms in total. The molecule has 2 amide bonds. The van der Waals surface area contributed by atoms with Crippen LogP contribution in [0.1, 0.15) is 57.8 Å². The van der Waals surface area contributed by atoms with Crippen LogP contribution in [0.2, 0.25) is 0 Å². The fourth-order valence-electron chi connectivity index (χ4n) is 5.70. The molecule has 1 N–H and O–H groups in total. The number of hydrogen-bond donors (Lipinski definition) is 1. The van der Waals surface area contributed by atoms with Crippen LogP contribution in [0.5, 0.6) is 0 Å². The molecular formula is C26H39N3O4S. The highest BCUT2D eigenvalue weighted by Gasteiger charge is 2.41. The number of aliphatic imine (C=N–C) groups is 1. The summed E-state index contributed by atoms with van der Waals surface area (Å²) in [7, 11) is 3.42. The van der Waals surface area contributed by atoms with Crippen molar-refractivity contribution in [2.45, 2.75) is 70.0 Å². The maximum atomic E-state index is 13.3. The first-order valence-electron chi connectivity index (χ1n) is 12.8. The van der Waals surface area contributed by atoms with Gasteiger partial charge in [0.2, 0.25) is 5.91 Å². The second-order valence-corrected chi connectivity index (χ2v) is 11.0. The van der Waals surface area contributed by atoms with Crippen LogP contribution in [-0.2, 0) is 19.1 Å². The maximum Gasteiger partial charge on any atom is 0.257 e. The lowest BCUT2D eigenvalue weighted by atomic mass is 9.82. The van der Waals surface area contributed by atoms with Crippen LogP contribution in [0.4, 0.5) is 0 Å². The first-order valence-corrected chi connectivity index (χ1v) is 13.7. The summed E-state index contributed by atoms with van der Waals surface area (Å²) < 4.78 is 11.3. The van der Waals surface area contributed by atoms with E-state index in [9.17, 15) is 9.59 Å². The highest BCUT2D eigenvalue weighted by atomic mass is 32.2. The standard InChI is InChI=1S/C26H39N3O4S/c1-32-20-7-5-8-21(33-2)24(20)26(31)29-14-10-18(11-15-29)6-3-4-12-28-25(30)22-16-19-9-13-27-17-23(19)34-22/h13,16-21,24H,3-12,14-15H2,1-2H3,(H,28,30). The molecule has 0 aromatic carbocycles. The van der Waals surface area contributed by atoms with Crippen LogP contribution >= 0.6 is 11.8 Å². The van der Waals surface area contributed by atoms with E-state index in [2.05, 4.69) is 16.4 Å². The lowest BCUT2D eigenvalue weighted by Crippen LogP contribution is -2.51. The summed E-state index contributed by atoms with van der Waals surface area (Å²) in [6.07, 6.45) is 15.0. The van der Waals surface area contributed by atoms with E-state index in [0.29, 0.717) is 18.4 Å². The fraction of sp³-hybridized carbons (Fsp3) is 0.731. The number of ether oxygens (including phenoxy) is 2. The van der Waals surface area contributed by atoms with E-state index in [4.69, 9.17) is 9.47 Å². The number of amides is 2. The third-order valence-electron chi connectivity index (χ3n) is 7.76. The van der Waals surface area contributed by atoms with Gasteiger partial charge in [0, 0.05) is 57.1 Å². The van der Waals surface area contributed by atoms with Crippen LogP contribution in [0.15, 0.2) is 27.1 Å². The predicted molar refractivity (Wildman–Crippen MR) is 135 cm³/mol. The van der Waals surface area contributed by atoms with Crippen molar-refractivity contribution in [2.75, 3.05) is 33.9 Å². The summed E-state index contributed by atoms with van der Waals surface area (Å²) in [5, 5.41) is 3.08. The highest BCUT2D eigenvalue weighted by Crippen LogP contribution is 2.42. The number of unbranched alkanes of at least 4 members (excludes halogenated alkanes) is 1. The van der Waals surface area contributed by atoms with E-state index < -0.39 is 0 Å². The fourth-order valence-corrected chi connectivity index (χ4v) is 6.78. The lowest BCUT2D eigenvalue weighted by Gasteiger charge is -2.40. The van der Waals surface area contributed by atoms with Crippen LogP contribution in [-0.4, -0.2) is 69.0 Å². The summed E-state index contributed by atoms with van der Waals surface area (Å²) in [5.74, 6) is 1.06. The van der Waals surface area contributed by atoms with Gasteiger partial charge in [-0.25, -0.2) is 0 Å². The number of nitrogens with one attached hydrogen (secondary N) is 1. The van der Waals surface area contributed by atoms with Crippen molar-refractivity contribution in [3.8, 4) is 0 Å². The Hall–Kier alpha value is -1.64. The maximum absolute atomic E-state index is 13.3. The van der Waals surface area contributed by atoms with Gasteiger partial charge < -0.3 is 19.7 Å². The molecular weight excluding hydrogens is 450 g/mol. The van der Waals surface area contributed by atoms with Crippen LogP contribution < -0.4 is 5.32 Å². The van der Waals surface area contributed by atoms with E-state index in [-0.39, 0.29) is 29.9 Å². The average Bonchev–Trinajstić information content (AvgIpc) is 3.32. The molecule has 1 saturated heterocycles. The molecule has 4 aliphatic rings. The molecule has 0 bridgehead atoms. The van der Waals surface area contributed by atoms with E-state index in [1.165, 1.54) is 4.91 Å². The Balaban J connectivity index is 1.12. The quantitative estimate of drug-likeness (QED) is 0.497. The minimum absolute atomic E-state index is 0.0355. The Kier molecular flexibility index (Phi) is 9.25. The average molecular weight is 490 g/mol. The third kappa shape index (κ3) is 6.13. The number of nitrogens with zero attached hydrogens (tertiary/aromatic N) is 2. The van der Waals surface area contributed by atoms with Crippen molar-refractivity contribution in [1.29, 1.82) is 0 Å². The summed E-state index contributed by atoms with van der Waals surface area (Å²) in [4.78, 5) is 33.9. The molecule has 188 valence electrons. The molecule has 1 saturated carbocycles.